The summed E-state index contributed by atoms with van der Waals surface area (Å²) in [6.07, 6.45) is -0.190. The maximum absolute atomic E-state index is 11.3. The van der Waals surface area contributed by atoms with Gasteiger partial charge >= 0.3 is 11.9 Å². The predicted octanol–water partition coefficient (Wildman–Crippen LogP) is 3.59. The number of carbonyl (C=O) groups is 2. The molecule has 6 heteroatoms. The molecule has 2 aromatic rings. The second kappa shape index (κ2) is 9.08. The smallest absolute Gasteiger partial charge is 0.317 e. The van der Waals surface area contributed by atoms with Crippen LogP contribution in [0, 0.1) is 0 Å². The lowest BCUT2D eigenvalue weighted by molar-refractivity contribution is -0.151. The Balaban J connectivity index is 1.94. The molecule has 0 aliphatic rings. The van der Waals surface area contributed by atoms with Crippen molar-refractivity contribution in [3.8, 4) is 5.75 Å². The van der Waals surface area contributed by atoms with Crippen molar-refractivity contribution >= 4 is 27.9 Å². The third kappa shape index (κ3) is 6.04. The van der Waals surface area contributed by atoms with E-state index in [0.29, 0.717) is 18.8 Å². The van der Waals surface area contributed by atoms with E-state index >= 15 is 0 Å². The number of rotatable bonds is 8. The van der Waals surface area contributed by atoms with Gasteiger partial charge in [0, 0.05) is 10.9 Å². The molecule has 0 aliphatic carbocycles. The first-order chi connectivity index (χ1) is 11.5. The standard InChI is InChI=1S/C18H17BrO5/c19-15-6-7-16(24-12-13-4-2-1-3-5-13)14(10-15)8-9-23-18(22)11-17(20)21/h1-7,10H,8-9,11-12H2,(H,20,21). The molecule has 0 fully saturated rings. The van der Waals surface area contributed by atoms with Crippen molar-refractivity contribution in [1.29, 1.82) is 0 Å². The number of benzene rings is 2. The second-order valence-electron chi connectivity index (χ2n) is 5.07. The number of ether oxygens (including phenoxy) is 2. The second-order valence-corrected chi connectivity index (χ2v) is 5.98. The molecule has 0 saturated heterocycles. The van der Waals surface area contributed by atoms with E-state index in [9.17, 15) is 9.59 Å². The maximum Gasteiger partial charge on any atom is 0.317 e. The molecular weight excluding hydrogens is 376 g/mol. The van der Waals surface area contributed by atoms with Gasteiger partial charge in [0.1, 0.15) is 18.8 Å². The number of carboxylic acids is 1. The van der Waals surface area contributed by atoms with E-state index in [1.54, 1.807) is 0 Å². The van der Waals surface area contributed by atoms with Crippen LogP contribution >= 0.6 is 15.9 Å². The van der Waals surface area contributed by atoms with Crippen LogP contribution in [0.3, 0.4) is 0 Å². The Morgan fingerprint density at radius 1 is 1.08 bits per heavy atom. The Hall–Kier alpha value is -2.34. The Morgan fingerprint density at radius 3 is 2.54 bits per heavy atom. The van der Waals surface area contributed by atoms with Gasteiger partial charge in [0.25, 0.3) is 0 Å². The van der Waals surface area contributed by atoms with Gasteiger partial charge in [-0.25, -0.2) is 0 Å². The molecule has 0 aromatic heterocycles. The third-order valence-electron chi connectivity index (χ3n) is 3.19. The SMILES string of the molecule is O=C(O)CC(=O)OCCc1cc(Br)ccc1OCc1ccccc1. The van der Waals surface area contributed by atoms with Gasteiger partial charge in [-0.3, -0.25) is 9.59 Å². The van der Waals surface area contributed by atoms with Crippen molar-refractivity contribution in [3.05, 3.63) is 64.1 Å². The van der Waals surface area contributed by atoms with Gasteiger partial charge in [0.05, 0.1) is 6.61 Å². The fourth-order valence-electron chi connectivity index (χ4n) is 2.07. The highest BCUT2D eigenvalue weighted by Gasteiger charge is 2.10. The molecule has 0 amide bonds. The van der Waals surface area contributed by atoms with Crippen molar-refractivity contribution in [3.63, 3.8) is 0 Å². The lowest BCUT2D eigenvalue weighted by atomic mass is 10.1. The van der Waals surface area contributed by atoms with Crippen LogP contribution in [0.4, 0.5) is 0 Å². The molecule has 0 bridgehead atoms. The first kappa shape index (κ1) is 18.0. The summed E-state index contributed by atoms with van der Waals surface area (Å²) in [5, 5.41) is 8.53. The number of hydrogen-bond donors (Lipinski definition) is 1. The minimum absolute atomic E-state index is 0.101. The molecule has 0 heterocycles. The highest BCUT2D eigenvalue weighted by atomic mass is 79.9. The first-order valence-corrected chi connectivity index (χ1v) is 8.16. The Morgan fingerprint density at radius 2 is 1.83 bits per heavy atom. The Bertz CT molecular complexity index is 700. The fourth-order valence-corrected chi connectivity index (χ4v) is 2.48. The first-order valence-electron chi connectivity index (χ1n) is 7.37. The molecule has 5 nitrogen and oxygen atoms in total. The summed E-state index contributed by atoms with van der Waals surface area (Å²) >= 11 is 3.40. The highest BCUT2D eigenvalue weighted by Crippen LogP contribution is 2.24. The molecule has 2 rings (SSSR count). The van der Waals surface area contributed by atoms with E-state index in [2.05, 4.69) is 15.9 Å². The minimum atomic E-state index is -1.20. The zero-order valence-corrected chi connectivity index (χ0v) is 14.5. The van der Waals surface area contributed by atoms with Crippen LogP contribution in [0.2, 0.25) is 0 Å². The summed E-state index contributed by atoms with van der Waals surface area (Å²) in [4.78, 5) is 21.7. The summed E-state index contributed by atoms with van der Waals surface area (Å²) in [7, 11) is 0. The molecule has 2 aromatic carbocycles. The number of aliphatic carboxylic acids is 1. The number of esters is 1. The molecule has 0 atom stereocenters. The normalized spacial score (nSPS) is 10.2. The van der Waals surface area contributed by atoms with E-state index < -0.39 is 18.4 Å². The van der Waals surface area contributed by atoms with E-state index in [0.717, 1.165) is 15.6 Å². The summed E-state index contributed by atoms with van der Waals surface area (Å²) in [6, 6.07) is 15.4. The Labute approximate surface area is 148 Å². The van der Waals surface area contributed by atoms with E-state index in [1.807, 2.05) is 48.5 Å². The van der Waals surface area contributed by atoms with Crippen molar-refractivity contribution in [2.75, 3.05) is 6.61 Å². The highest BCUT2D eigenvalue weighted by molar-refractivity contribution is 9.10. The molecule has 126 valence electrons. The average Bonchev–Trinajstić information content (AvgIpc) is 2.54. The van der Waals surface area contributed by atoms with Crippen LogP contribution in [-0.2, 0) is 27.4 Å². The molecular formula is C18H17BrO5. The van der Waals surface area contributed by atoms with Crippen LogP contribution in [0.15, 0.2) is 53.0 Å². The van der Waals surface area contributed by atoms with Crippen LogP contribution in [-0.4, -0.2) is 23.7 Å². The average molecular weight is 393 g/mol. The lowest BCUT2D eigenvalue weighted by Gasteiger charge is -2.12. The van der Waals surface area contributed by atoms with E-state index in [4.69, 9.17) is 14.6 Å². The summed E-state index contributed by atoms with van der Waals surface area (Å²) in [6.45, 7) is 0.540. The summed E-state index contributed by atoms with van der Waals surface area (Å²) in [5.74, 6) is -1.24. The topological polar surface area (TPSA) is 72.8 Å². The zero-order chi connectivity index (χ0) is 17.4. The quantitative estimate of drug-likeness (QED) is 0.548. The lowest BCUT2D eigenvalue weighted by Crippen LogP contribution is -2.12. The fraction of sp³-hybridized carbons (Fsp3) is 0.222. The van der Waals surface area contributed by atoms with E-state index in [-0.39, 0.29) is 6.61 Å². The minimum Gasteiger partial charge on any atom is -0.489 e. The largest absolute Gasteiger partial charge is 0.489 e. The van der Waals surface area contributed by atoms with Gasteiger partial charge in [0.2, 0.25) is 0 Å². The van der Waals surface area contributed by atoms with Crippen LogP contribution < -0.4 is 4.74 Å². The van der Waals surface area contributed by atoms with Crippen LogP contribution in [0.5, 0.6) is 5.75 Å². The van der Waals surface area contributed by atoms with Gasteiger partial charge in [-0.15, -0.1) is 0 Å². The van der Waals surface area contributed by atoms with Gasteiger partial charge in [0.15, 0.2) is 0 Å². The van der Waals surface area contributed by atoms with Crippen molar-refractivity contribution in [2.24, 2.45) is 0 Å². The van der Waals surface area contributed by atoms with Gasteiger partial charge in [-0.2, -0.15) is 0 Å². The molecule has 0 aliphatic heterocycles. The molecule has 0 unspecified atom stereocenters. The van der Waals surface area contributed by atoms with Gasteiger partial charge < -0.3 is 14.6 Å². The predicted molar refractivity (Wildman–Crippen MR) is 91.8 cm³/mol. The molecule has 0 radical (unpaired) electrons. The van der Waals surface area contributed by atoms with Gasteiger partial charge in [-0.05, 0) is 29.3 Å². The number of carboxylic acid groups (broad SMARTS) is 1. The van der Waals surface area contributed by atoms with Crippen molar-refractivity contribution < 1.29 is 24.2 Å². The molecule has 1 N–H and O–H groups in total. The van der Waals surface area contributed by atoms with Crippen molar-refractivity contribution in [1.82, 2.24) is 0 Å². The van der Waals surface area contributed by atoms with Crippen molar-refractivity contribution in [2.45, 2.75) is 19.4 Å². The number of hydrogen-bond acceptors (Lipinski definition) is 4. The number of halogens is 1. The molecule has 0 saturated carbocycles. The molecule has 0 spiro atoms. The summed E-state index contributed by atoms with van der Waals surface area (Å²) in [5.41, 5.74) is 1.93. The van der Waals surface area contributed by atoms with Crippen LogP contribution in [0.25, 0.3) is 0 Å². The van der Waals surface area contributed by atoms with E-state index in [1.165, 1.54) is 0 Å². The maximum atomic E-state index is 11.3. The van der Waals surface area contributed by atoms with Gasteiger partial charge in [-0.1, -0.05) is 46.3 Å². The number of carbonyl (C=O) groups excluding carboxylic acids is 1. The molecule has 24 heavy (non-hydrogen) atoms. The monoisotopic (exact) mass is 392 g/mol. The Kier molecular flexibility index (Phi) is 6.81. The summed E-state index contributed by atoms with van der Waals surface area (Å²) < 4.78 is 11.7. The third-order valence-corrected chi connectivity index (χ3v) is 3.68. The van der Waals surface area contributed by atoms with Crippen LogP contribution in [0.1, 0.15) is 17.5 Å². The zero-order valence-electron chi connectivity index (χ0n) is 12.9.